The molecule has 0 aromatic heterocycles. The maximum absolute atomic E-state index is 10.0. The summed E-state index contributed by atoms with van der Waals surface area (Å²) in [6.07, 6.45) is 0. The molecule has 0 radical (unpaired) electrons. The van der Waals surface area contributed by atoms with Crippen LogP contribution in [0.1, 0.15) is 57.4 Å². The first-order valence-corrected chi connectivity index (χ1v) is 6.12. The van der Waals surface area contributed by atoms with Gasteiger partial charge >= 0.3 is 0 Å². The van der Waals surface area contributed by atoms with Gasteiger partial charge in [0, 0.05) is 0 Å². The Morgan fingerprint density at radius 3 is 2.06 bits per heavy atom. The average Bonchev–Trinajstić information content (AvgIpc) is 2.14. The summed E-state index contributed by atoms with van der Waals surface area (Å²) in [6, 6.07) is 5.99. The summed E-state index contributed by atoms with van der Waals surface area (Å²) >= 11 is 0. The van der Waals surface area contributed by atoms with Crippen LogP contribution < -0.4 is 5.73 Å². The molecule has 2 nitrogen and oxygen atoms in total. The van der Waals surface area contributed by atoms with Crippen molar-refractivity contribution in [3.05, 3.63) is 34.9 Å². The highest BCUT2D eigenvalue weighted by Gasteiger charge is 2.27. The van der Waals surface area contributed by atoms with Crippen molar-refractivity contribution in [1.29, 1.82) is 0 Å². The van der Waals surface area contributed by atoms with E-state index in [2.05, 4.69) is 39.0 Å². The lowest BCUT2D eigenvalue weighted by molar-refractivity contribution is 0.0514. The van der Waals surface area contributed by atoms with Gasteiger partial charge in [0.1, 0.15) is 0 Å². The molecule has 96 valence electrons. The minimum Gasteiger partial charge on any atom is -0.388 e. The second kappa shape index (κ2) is 4.43. The zero-order valence-corrected chi connectivity index (χ0v) is 11.8. The molecule has 0 amide bonds. The van der Waals surface area contributed by atoms with Crippen LogP contribution in [0.2, 0.25) is 0 Å². The van der Waals surface area contributed by atoms with Gasteiger partial charge in [0.05, 0.1) is 11.6 Å². The van der Waals surface area contributed by atoms with Crippen molar-refractivity contribution in [2.45, 2.75) is 58.6 Å². The van der Waals surface area contributed by atoms with Crippen LogP contribution in [0, 0.1) is 6.92 Å². The van der Waals surface area contributed by atoms with Gasteiger partial charge in [-0.05, 0) is 42.9 Å². The number of hydrogen-bond acceptors (Lipinski definition) is 2. The first kappa shape index (κ1) is 14.2. The summed E-state index contributed by atoms with van der Waals surface area (Å²) in [5, 5.41) is 10.0. The fourth-order valence-electron chi connectivity index (χ4n) is 1.82. The Labute approximate surface area is 105 Å². The predicted octanol–water partition coefficient (Wildman–Crippen LogP) is 3.06. The van der Waals surface area contributed by atoms with Gasteiger partial charge < -0.3 is 10.8 Å². The van der Waals surface area contributed by atoms with Crippen LogP contribution in [0.4, 0.5) is 0 Å². The zero-order chi connectivity index (χ0) is 13.4. The van der Waals surface area contributed by atoms with Crippen molar-refractivity contribution in [3.8, 4) is 0 Å². The molecule has 1 rings (SSSR count). The molecule has 0 aliphatic rings. The van der Waals surface area contributed by atoms with Crippen molar-refractivity contribution in [2.24, 2.45) is 5.73 Å². The molecule has 17 heavy (non-hydrogen) atoms. The van der Waals surface area contributed by atoms with Crippen LogP contribution >= 0.6 is 0 Å². The molecule has 1 atom stereocenters. The van der Waals surface area contributed by atoms with Gasteiger partial charge in [0.2, 0.25) is 0 Å². The topological polar surface area (TPSA) is 46.2 Å². The number of benzene rings is 1. The molecule has 0 spiro atoms. The highest BCUT2D eigenvalue weighted by atomic mass is 16.3. The third-order valence-electron chi connectivity index (χ3n) is 3.24. The minimum atomic E-state index is -0.902. The Kier molecular flexibility index (Phi) is 3.70. The van der Waals surface area contributed by atoms with Crippen LogP contribution in [0.3, 0.4) is 0 Å². The lowest BCUT2D eigenvalue weighted by Crippen LogP contribution is -2.35. The van der Waals surface area contributed by atoms with Crippen molar-refractivity contribution in [1.82, 2.24) is 0 Å². The number of rotatable bonds is 2. The Balaban J connectivity index is 3.25. The van der Waals surface area contributed by atoms with E-state index in [9.17, 15) is 5.11 Å². The van der Waals surface area contributed by atoms with Crippen LogP contribution in [-0.4, -0.2) is 10.7 Å². The second-order valence-electron chi connectivity index (χ2n) is 6.45. The molecule has 1 aromatic carbocycles. The third kappa shape index (κ3) is 3.30. The summed E-state index contributed by atoms with van der Waals surface area (Å²) in [4.78, 5) is 0. The summed E-state index contributed by atoms with van der Waals surface area (Å²) in [5.74, 6) is 0. The highest BCUT2D eigenvalue weighted by molar-refractivity contribution is 5.37. The summed E-state index contributed by atoms with van der Waals surface area (Å²) in [6.45, 7) is 12.1. The number of aryl methyl sites for hydroxylation is 1. The van der Waals surface area contributed by atoms with Crippen molar-refractivity contribution in [2.75, 3.05) is 0 Å². The Morgan fingerprint density at radius 1 is 1.12 bits per heavy atom. The van der Waals surface area contributed by atoms with E-state index in [4.69, 9.17) is 5.73 Å². The monoisotopic (exact) mass is 235 g/mol. The van der Waals surface area contributed by atoms with E-state index in [1.165, 1.54) is 5.56 Å². The fraction of sp³-hybridized carbons (Fsp3) is 0.600. The number of aliphatic hydroxyl groups is 1. The second-order valence-corrected chi connectivity index (χ2v) is 6.45. The molecule has 0 aliphatic heterocycles. The van der Waals surface area contributed by atoms with Crippen LogP contribution in [-0.2, 0) is 5.41 Å². The Hall–Kier alpha value is -0.860. The van der Waals surface area contributed by atoms with E-state index < -0.39 is 5.60 Å². The van der Waals surface area contributed by atoms with E-state index in [0.717, 1.165) is 11.1 Å². The zero-order valence-electron chi connectivity index (χ0n) is 11.8. The molecule has 0 aliphatic carbocycles. The smallest absolute Gasteiger partial charge is 0.0783 e. The summed E-state index contributed by atoms with van der Waals surface area (Å²) in [5.41, 5.74) is 8.74. The van der Waals surface area contributed by atoms with Gasteiger partial charge in [-0.1, -0.05) is 39.0 Å². The Morgan fingerprint density at radius 2 is 1.65 bits per heavy atom. The maximum atomic E-state index is 10.0. The van der Waals surface area contributed by atoms with Gasteiger partial charge in [-0.25, -0.2) is 0 Å². The first-order chi connectivity index (χ1) is 7.53. The lowest BCUT2D eigenvalue weighted by atomic mass is 9.82. The van der Waals surface area contributed by atoms with Crippen molar-refractivity contribution in [3.63, 3.8) is 0 Å². The molecule has 0 heterocycles. The third-order valence-corrected chi connectivity index (χ3v) is 3.24. The fourth-order valence-corrected chi connectivity index (χ4v) is 1.82. The summed E-state index contributed by atoms with van der Waals surface area (Å²) < 4.78 is 0. The molecular formula is C15H25NO. The molecule has 2 heteroatoms. The van der Waals surface area contributed by atoms with Crippen LogP contribution in [0.15, 0.2) is 18.2 Å². The molecule has 0 bridgehead atoms. The maximum Gasteiger partial charge on any atom is 0.0783 e. The van der Waals surface area contributed by atoms with E-state index in [1.54, 1.807) is 13.8 Å². The molecule has 3 N–H and O–H groups in total. The minimum absolute atomic E-state index is 0.0990. The molecular weight excluding hydrogens is 210 g/mol. The molecule has 0 saturated carbocycles. The average molecular weight is 235 g/mol. The van der Waals surface area contributed by atoms with Gasteiger partial charge in [-0.2, -0.15) is 0 Å². The van der Waals surface area contributed by atoms with Gasteiger partial charge in [0.25, 0.3) is 0 Å². The molecule has 1 aromatic rings. The van der Waals surface area contributed by atoms with Crippen molar-refractivity contribution < 1.29 is 5.11 Å². The van der Waals surface area contributed by atoms with Crippen LogP contribution in [0.5, 0.6) is 0 Å². The standard InChI is InChI=1S/C15H25NO/c1-10-7-8-11(14(2,3)4)9-12(10)13(16)15(5,6)17/h7-9,13,17H,16H2,1-6H3. The molecule has 0 saturated heterocycles. The predicted molar refractivity (Wildman–Crippen MR) is 73.1 cm³/mol. The van der Waals surface area contributed by atoms with E-state index in [0.29, 0.717) is 0 Å². The summed E-state index contributed by atoms with van der Waals surface area (Å²) in [7, 11) is 0. The van der Waals surface area contributed by atoms with Gasteiger partial charge in [-0.15, -0.1) is 0 Å². The number of hydrogen-bond donors (Lipinski definition) is 2. The SMILES string of the molecule is Cc1ccc(C(C)(C)C)cc1C(N)C(C)(C)O. The Bertz CT molecular complexity index is 396. The highest BCUT2D eigenvalue weighted by Crippen LogP contribution is 2.30. The van der Waals surface area contributed by atoms with Gasteiger partial charge in [-0.3, -0.25) is 0 Å². The first-order valence-electron chi connectivity index (χ1n) is 6.12. The van der Waals surface area contributed by atoms with Crippen LogP contribution in [0.25, 0.3) is 0 Å². The van der Waals surface area contributed by atoms with Crippen molar-refractivity contribution >= 4 is 0 Å². The lowest BCUT2D eigenvalue weighted by Gasteiger charge is -2.29. The van der Waals surface area contributed by atoms with Gasteiger partial charge in [0.15, 0.2) is 0 Å². The normalized spacial score (nSPS) is 14.8. The van der Waals surface area contributed by atoms with E-state index in [1.807, 2.05) is 6.92 Å². The number of nitrogens with two attached hydrogens (primary N) is 1. The molecule has 0 fully saturated rings. The van der Waals surface area contributed by atoms with E-state index in [-0.39, 0.29) is 11.5 Å². The van der Waals surface area contributed by atoms with E-state index >= 15 is 0 Å². The quantitative estimate of drug-likeness (QED) is 0.827. The largest absolute Gasteiger partial charge is 0.388 e. The molecule has 1 unspecified atom stereocenters.